The molecule has 0 aliphatic rings. The second kappa shape index (κ2) is 3.24. The third-order valence-electron chi connectivity index (χ3n) is 2.43. The van der Waals surface area contributed by atoms with Gasteiger partial charge in [0.15, 0.2) is 0 Å². The van der Waals surface area contributed by atoms with Gasteiger partial charge in [0.25, 0.3) is 5.56 Å². The van der Waals surface area contributed by atoms with Crippen LogP contribution in [0.4, 0.5) is 0 Å². The minimum atomic E-state index is 0.0301. The third-order valence-corrected chi connectivity index (χ3v) is 4.03. The van der Waals surface area contributed by atoms with Crippen LogP contribution in [0.2, 0.25) is 0 Å². The van der Waals surface area contributed by atoms with Crippen LogP contribution in [0.1, 0.15) is 30.2 Å². The van der Waals surface area contributed by atoms with Crippen molar-refractivity contribution < 1.29 is 0 Å². The van der Waals surface area contributed by atoms with Gasteiger partial charge in [-0.1, -0.05) is 13.8 Å². The molecule has 0 radical (unpaired) electrons. The summed E-state index contributed by atoms with van der Waals surface area (Å²) in [6.07, 6.45) is 1.72. The van der Waals surface area contributed by atoms with Crippen LogP contribution in [-0.4, -0.2) is 4.98 Å². The number of pyridine rings is 1. The van der Waals surface area contributed by atoms with Gasteiger partial charge in [-0.15, -0.1) is 11.3 Å². The van der Waals surface area contributed by atoms with Crippen LogP contribution in [0.15, 0.2) is 17.1 Å². The monoisotopic (exact) mass is 207 g/mol. The van der Waals surface area contributed by atoms with E-state index in [1.54, 1.807) is 17.5 Å². The lowest BCUT2D eigenvalue weighted by molar-refractivity contribution is 0.882. The number of rotatable bonds is 1. The van der Waals surface area contributed by atoms with Gasteiger partial charge in [0, 0.05) is 16.5 Å². The Kier molecular flexibility index (Phi) is 2.19. The first-order valence-corrected chi connectivity index (χ1v) is 5.53. The Morgan fingerprint density at radius 2 is 2.14 bits per heavy atom. The number of aromatic nitrogens is 1. The first-order chi connectivity index (χ1) is 6.61. The number of aromatic amines is 1. The summed E-state index contributed by atoms with van der Waals surface area (Å²) in [5.41, 5.74) is 1.29. The van der Waals surface area contributed by atoms with E-state index >= 15 is 0 Å². The average Bonchev–Trinajstić information content (AvgIpc) is 2.46. The molecule has 0 fully saturated rings. The van der Waals surface area contributed by atoms with Crippen molar-refractivity contribution in [2.75, 3.05) is 0 Å². The summed E-state index contributed by atoms with van der Waals surface area (Å²) in [5.74, 6) is 0.492. The van der Waals surface area contributed by atoms with Crippen LogP contribution in [0.25, 0.3) is 10.1 Å². The highest BCUT2D eigenvalue weighted by molar-refractivity contribution is 7.19. The van der Waals surface area contributed by atoms with Crippen molar-refractivity contribution in [1.29, 1.82) is 0 Å². The standard InChI is InChI=1S/C11H13NOS/c1-6(2)9-7(3)8-4-5-12-11(13)10(8)14-9/h4-6H,1-3H3,(H,12,13). The number of H-pyrrole nitrogens is 1. The van der Waals surface area contributed by atoms with E-state index in [1.807, 2.05) is 6.07 Å². The number of hydrogen-bond donors (Lipinski definition) is 1. The van der Waals surface area contributed by atoms with Crippen LogP contribution in [-0.2, 0) is 0 Å². The first kappa shape index (κ1) is 9.46. The van der Waals surface area contributed by atoms with E-state index in [9.17, 15) is 4.79 Å². The molecule has 0 aliphatic heterocycles. The largest absolute Gasteiger partial charge is 0.328 e. The van der Waals surface area contributed by atoms with Crippen molar-refractivity contribution in [2.45, 2.75) is 26.7 Å². The average molecular weight is 207 g/mol. The van der Waals surface area contributed by atoms with Crippen LogP contribution in [0.5, 0.6) is 0 Å². The zero-order valence-corrected chi connectivity index (χ0v) is 9.37. The SMILES string of the molecule is Cc1c(C(C)C)sc2c(=O)[nH]ccc12. The molecule has 3 heteroatoms. The molecule has 0 saturated heterocycles. The number of fused-ring (bicyclic) bond motifs is 1. The summed E-state index contributed by atoms with van der Waals surface area (Å²) in [7, 11) is 0. The maximum atomic E-state index is 11.5. The molecule has 0 aliphatic carbocycles. The molecular formula is C11H13NOS. The maximum absolute atomic E-state index is 11.5. The Morgan fingerprint density at radius 1 is 1.43 bits per heavy atom. The van der Waals surface area contributed by atoms with Gasteiger partial charge >= 0.3 is 0 Å². The Labute approximate surface area is 86.6 Å². The Balaban J connectivity index is 2.86. The number of thiophene rings is 1. The van der Waals surface area contributed by atoms with Gasteiger partial charge in [0.05, 0.1) is 4.70 Å². The predicted molar refractivity (Wildman–Crippen MR) is 61.3 cm³/mol. The number of nitrogens with one attached hydrogen (secondary N) is 1. The molecule has 1 N–H and O–H groups in total. The molecule has 2 nitrogen and oxygen atoms in total. The molecular weight excluding hydrogens is 194 g/mol. The van der Waals surface area contributed by atoms with Gasteiger partial charge in [-0.2, -0.15) is 0 Å². The maximum Gasteiger partial charge on any atom is 0.265 e. The van der Waals surface area contributed by atoms with Gasteiger partial charge in [0.2, 0.25) is 0 Å². The molecule has 2 aromatic rings. The molecule has 0 amide bonds. The van der Waals surface area contributed by atoms with Crippen molar-refractivity contribution >= 4 is 21.4 Å². The van der Waals surface area contributed by atoms with Crippen LogP contribution < -0.4 is 5.56 Å². The summed E-state index contributed by atoms with van der Waals surface area (Å²) in [6.45, 7) is 6.41. The van der Waals surface area contributed by atoms with Crippen LogP contribution >= 0.6 is 11.3 Å². The van der Waals surface area contributed by atoms with E-state index < -0.39 is 0 Å². The summed E-state index contributed by atoms with van der Waals surface area (Å²) < 4.78 is 0.855. The quantitative estimate of drug-likeness (QED) is 0.766. The molecule has 0 unspecified atom stereocenters. The lowest BCUT2D eigenvalue weighted by atomic mass is 10.1. The molecule has 0 spiro atoms. The number of aryl methyl sites for hydroxylation is 1. The summed E-state index contributed by atoms with van der Waals surface area (Å²) in [4.78, 5) is 15.5. The first-order valence-electron chi connectivity index (χ1n) is 4.72. The minimum Gasteiger partial charge on any atom is -0.328 e. The van der Waals surface area contributed by atoms with Crippen molar-refractivity contribution in [2.24, 2.45) is 0 Å². The molecule has 0 bridgehead atoms. The Morgan fingerprint density at radius 3 is 2.71 bits per heavy atom. The Bertz CT molecular complexity index is 522. The summed E-state index contributed by atoms with van der Waals surface area (Å²) >= 11 is 1.61. The molecule has 2 heterocycles. The second-order valence-electron chi connectivity index (χ2n) is 3.80. The summed E-state index contributed by atoms with van der Waals surface area (Å²) in [5, 5.41) is 1.10. The highest BCUT2D eigenvalue weighted by Gasteiger charge is 2.12. The Hall–Kier alpha value is -1.09. The molecule has 2 aromatic heterocycles. The smallest absolute Gasteiger partial charge is 0.265 e. The second-order valence-corrected chi connectivity index (χ2v) is 4.85. The lowest BCUT2D eigenvalue weighted by Gasteiger charge is -2.01. The van der Waals surface area contributed by atoms with E-state index in [4.69, 9.17) is 0 Å². The van der Waals surface area contributed by atoms with Gasteiger partial charge in [-0.05, 0) is 24.5 Å². The van der Waals surface area contributed by atoms with E-state index in [-0.39, 0.29) is 5.56 Å². The van der Waals surface area contributed by atoms with E-state index in [1.165, 1.54) is 10.4 Å². The minimum absolute atomic E-state index is 0.0301. The van der Waals surface area contributed by atoms with Crippen molar-refractivity contribution in [3.63, 3.8) is 0 Å². The van der Waals surface area contributed by atoms with E-state index in [0.29, 0.717) is 5.92 Å². The molecule has 14 heavy (non-hydrogen) atoms. The zero-order valence-electron chi connectivity index (χ0n) is 8.55. The third kappa shape index (κ3) is 1.28. The van der Waals surface area contributed by atoms with Crippen molar-refractivity contribution in [1.82, 2.24) is 4.98 Å². The van der Waals surface area contributed by atoms with Gasteiger partial charge in [-0.3, -0.25) is 4.79 Å². The van der Waals surface area contributed by atoms with Crippen molar-refractivity contribution in [3.05, 3.63) is 33.1 Å². The van der Waals surface area contributed by atoms with Gasteiger partial charge in [-0.25, -0.2) is 0 Å². The van der Waals surface area contributed by atoms with Crippen molar-refractivity contribution in [3.8, 4) is 0 Å². The molecule has 2 rings (SSSR count). The zero-order chi connectivity index (χ0) is 10.3. The molecule has 74 valence electrons. The van der Waals surface area contributed by atoms with Gasteiger partial charge < -0.3 is 4.98 Å². The highest BCUT2D eigenvalue weighted by atomic mass is 32.1. The molecule has 0 atom stereocenters. The van der Waals surface area contributed by atoms with E-state index in [0.717, 1.165) is 10.1 Å². The fourth-order valence-corrected chi connectivity index (χ4v) is 2.93. The fourth-order valence-electron chi connectivity index (χ4n) is 1.73. The topological polar surface area (TPSA) is 32.9 Å². The highest BCUT2D eigenvalue weighted by Crippen LogP contribution is 2.32. The number of hydrogen-bond acceptors (Lipinski definition) is 2. The van der Waals surface area contributed by atoms with E-state index in [2.05, 4.69) is 25.8 Å². The summed E-state index contributed by atoms with van der Waals surface area (Å²) in [6, 6.07) is 1.98. The molecule has 0 saturated carbocycles. The molecule has 0 aromatic carbocycles. The van der Waals surface area contributed by atoms with Gasteiger partial charge in [0.1, 0.15) is 0 Å². The lowest BCUT2D eigenvalue weighted by Crippen LogP contribution is -2.01. The van der Waals surface area contributed by atoms with Crippen LogP contribution in [0, 0.1) is 6.92 Å². The van der Waals surface area contributed by atoms with Crippen LogP contribution in [0.3, 0.4) is 0 Å². The normalized spacial score (nSPS) is 11.4. The predicted octanol–water partition coefficient (Wildman–Crippen LogP) is 3.02. The fraction of sp³-hybridized carbons (Fsp3) is 0.364.